The highest BCUT2D eigenvalue weighted by Crippen LogP contribution is 2.28. The van der Waals surface area contributed by atoms with E-state index in [2.05, 4.69) is 14.8 Å². The second-order valence-electron chi connectivity index (χ2n) is 4.16. The number of rotatable bonds is 9. The lowest BCUT2D eigenvalue weighted by molar-refractivity contribution is -0.116. The highest BCUT2D eigenvalue weighted by molar-refractivity contribution is 5.92. The number of carbonyl (C=O) groups is 1. The molecule has 0 aliphatic carbocycles. The van der Waals surface area contributed by atoms with Gasteiger partial charge in [-0.2, -0.15) is 17.6 Å². The minimum absolute atomic E-state index is 0.0814. The number of aliphatic hydroxyl groups excluding tert-OH is 1. The predicted octanol–water partition coefficient (Wildman–Crippen LogP) is 2.40. The molecule has 0 fully saturated rings. The number of ether oxygens (including phenoxy) is 2. The largest absolute Gasteiger partial charge is 0.435 e. The number of halogens is 4. The van der Waals surface area contributed by atoms with Crippen molar-refractivity contribution in [1.29, 1.82) is 0 Å². The highest BCUT2D eigenvalue weighted by Gasteiger charge is 2.12. The maximum absolute atomic E-state index is 12.4. The summed E-state index contributed by atoms with van der Waals surface area (Å²) in [5, 5.41) is 11.0. The van der Waals surface area contributed by atoms with Gasteiger partial charge in [-0.15, -0.1) is 0 Å². The first-order chi connectivity index (χ1) is 10.9. The van der Waals surface area contributed by atoms with Gasteiger partial charge in [0.1, 0.15) is 11.5 Å². The molecule has 0 aliphatic rings. The predicted molar refractivity (Wildman–Crippen MR) is 73.5 cm³/mol. The van der Waals surface area contributed by atoms with Crippen LogP contribution in [-0.4, -0.2) is 37.4 Å². The van der Waals surface area contributed by atoms with Crippen LogP contribution in [0, 0.1) is 0 Å². The molecule has 1 amide bonds. The van der Waals surface area contributed by atoms with Crippen LogP contribution in [0.15, 0.2) is 24.3 Å². The number of hydrogen-bond donors (Lipinski definition) is 2. The molecule has 0 saturated carbocycles. The van der Waals surface area contributed by atoms with Crippen LogP contribution in [0.3, 0.4) is 0 Å². The third kappa shape index (κ3) is 7.50. The molecule has 0 bridgehead atoms. The highest BCUT2D eigenvalue weighted by atomic mass is 19.3. The summed E-state index contributed by atoms with van der Waals surface area (Å²) in [5.41, 5.74) is 0.0872. The fraction of sp³-hybridized carbons (Fsp3) is 0.357. The van der Waals surface area contributed by atoms with Crippen molar-refractivity contribution in [2.24, 2.45) is 0 Å². The van der Waals surface area contributed by atoms with E-state index in [0.29, 0.717) is 6.42 Å². The normalized spacial score (nSPS) is 11.3. The summed E-state index contributed by atoms with van der Waals surface area (Å²) in [6.45, 7) is -6.10. The molecule has 0 aromatic heterocycles. The molecule has 23 heavy (non-hydrogen) atoms. The van der Waals surface area contributed by atoms with Crippen molar-refractivity contribution in [3.8, 4) is 11.5 Å². The summed E-state index contributed by atoms with van der Waals surface area (Å²) < 4.78 is 57.3. The molecule has 0 spiro atoms. The molecule has 0 saturated heterocycles. The molecule has 5 nitrogen and oxygen atoms in total. The maximum Gasteiger partial charge on any atom is 0.387 e. The van der Waals surface area contributed by atoms with Crippen LogP contribution >= 0.6 is 0 Å². The summed E-state index contributed by atoms with van der Waals surface area (Å²) in [4.78, 5) is 11.4. The van der Waals surface area contributed by atoms with Crippen LogP contribution in [0.4, 0.5) is 17.6 Å². The first kappa shape index (κ1) is 18.8. The Labute approximate surface area is 129 Å². The molecule has 0 heterocycles. The number of hydrogen-bond acceptors (Lipinski definition) is 4. The number of aliphatic hydroxyl groups is 1. The van der Waals surface area contributed by atoms with E-state index < -0.39 is 24.9 Å². The minimum Gasteiger partial charge on any atom is -0.435 e. The van der Waals surface area contributed by atoms with Crippen LogP contribution in [0.5, 0.6) is 11.5 Å². The van der Waals surface area contributed by atoms with Gasteiger partial charge < -0.3 is 19.9 Å². The smallest absolute Gasteiger partial charge is 0.387 e. The van der Waals surface area contributed by atoms with E-state index in [1.54, 1.807) is 0 Å². The molecule has 1 aromatic rings. The zero-order chi connectivity index (χ0) is 17.2. The topological polar surface area (TPSA) is 67.8 Å². The van der Waals surface area contributed by atoms with Gasteiger partial charge in [-0.1, -0.05) is 0 Å². The third-order valence-electron chi connectivity index (χ3n) is 2.47. The van der Waals surface area contributed by atoms with Crippen molar-refractivity contribution >= 4 is 12.0 Å². The van der Waals surface area contributed by atoms with Crippen molar-refractivity contribution in [2.45, 2.75) is 19.6 Å². The molecule has 0 atom stereocenters. The molecule has 128 valence electrons. The van der Waals surface area contributed by atoms with E-state index in [9.17, 15) is 22.4 Å². The molecular weight excluding hydrogens is 322 g/mol. The SMILES string of the molecule is O=C(/C=C/c1ccc(OC(F)F)cc1OC(F)F)NCCCO. The number of amides is 1. The molecule has 2 N–H and O–H groups in total. The van der Waals surface area contributed by atoms with Gasteiger partial charge in [0.2, 0.25) is 5.91 Å². The van der Waals surface area contributed by atoms with Gasteiger partial charge in [0.05, 0.1) is 0 Å². The van der Waals surface area contributed by atoms with Crippen LogP contribution in [-0.2, 0) is 4.79 Å². The van der Waals surface area contributed by atoms with Gasteiger partial charge in [0, 0.05) is 30.9 Å². The Kier molecular flexibility index (Phi) is 7.89. The lowest BCUT2D eigenvalue weighted by Gasteiger charge is -2.11. The van der Waals surface area contributed by atoms with Crippen molar-refractivity contribution in [3.63, 3.8) is 0 Å². The molecule has 9 heteroatoms. The Morgan fingerprint density at radius 2 is 1.91 bits per heavy atom. The van der Waals surface area contributed by atoms with E-state index in [1.807, 2.05) is 0 Å². The third-order valence-corrected chi connectivity index (χ3v) is 2.47. The Hall–Kier alpha value is -2.29. The van der Waals surface area contributed by atoms with Crippen molar-refractivity contribution in [1.82, 2.24) is 5.32 Å². The van der Waals surface area contributed by atoms with Gasteiger partial charge in [0.15, 0.2) is 0 Å². The van der Waals surface area contributed by atoms with E-state index in [0.717, 1.165) is 18.2 Å². The Morgan fingerprint density at radius 3 is 2.52 bits per heavy atom. The fourth-order valence-electron chi connectivity index (χ4n) is 1.54. The van der Waals surface area contributed by atoms with Gasteiger partial charge in [0.25, 0.3) is 0 Å². The number of benzene rings is 1. The van der Waals surface area contributed by atoms with Crippen LogP contribution in [0.2, 0.25) is 0 Å². The van der Waals surface area contributed by atoms with E-state index in [4.69, 9.17) is 5.11 Å². The van der Waals surface area contributed by atoms with Crippen molar-refractivity contribution < 1.29 is 36.9 Å². The number of carbonyl (C=O) groups excluding carboxylic acids is 1. The second kappa shape index (κ2) is 9.67. The zero-order valence-corrected chi connectivity index (χ0v) is 11.8. The summed E-state index contributed by atoms with van der Waals surface area (Å²) >= 11 is 0. The lowest BCUT2D eigenvalue weighted by Crippen LogP contribution is -2.22. The van der Waals surface area contributed by atoms with E-state index in [-0.39, 0.29) is 24.5 Å². The molecule has 0 unspecified atom stereocenters. The lowest BCUT2D eigenvalue weighted by atomic mass is 10.1. The average Bonchev–Trinajstić information content (AvgIpc) is 2.45. The zero-order valence-electron chi connectivity index (χ0n) is 11.8. The monoisotopic (exact) mass is 337 g/mol. The van der Waals surface area contributed by atoms with E-state index >= 15 is 0 Å². The Bertz CT molecular complexity index is 538. The van der Waals surface area contributed by atoms with E-state index in [1.165, 1.54) is 12.1 Å². The molecule has 1 aromatic carbocycles. The fourth-order valence-corrected chi connectivity index (χ4v) is 1.54. The maximum atomic E-state index is 12.4. The standard InChI is InChI=1S/C14H15F4NO4/c15-13(16)22-10-4-2-9(11(8-10)23-14(17)18)3-5-12(21)19-6-1-7-20/h2-5,8,13-14,20H,1,6-7H2,(H,19,21)/b5-3+. The number of nitrogens with one attached hydrogen (secondary N) is 1. The van der Waals surface area contributed by atoms with Gasteiger partial charge in [-0.3, -0.25) is 4.79 Å². The first-order valence-electron chi connectivity index (χ1n) is 6.53. The number of alkyl halides is 4. The van der Waals surface area contributed by atoms with Crippen LogP contribution in [0.25, 0.3) is 6.08 Å². The first-order valence-corrected chi connectivity index (χ1v) is 6.53. The molecule has 1 rings (SSSR count). The average molecular weight is 337 g/mol. The van der Waals surface area contributed by atoms with Crippen LogP contribution in [0.1, 0.15) is 12.0 Å². The summed E-state index contributed by atoms with van der Waals surface area (Å²) in [7, 11) is 0. The van der Waals surface area contributed by atoms with Gasteiger partial charge in [-0.05, 0) is 24.6 Å². The molecular formula is C14H15F4NO4. The summed E-state index contributed by atoms with van der Waals surface area (Å²) in [6, 6.07) is 3.21. The quantitative estimate of drug-likeness (QED) is 0.412. The Morgan fingerprint density at radius 1 is 1.22 bits per heavy atom. The van der Waals surface area contributed by atoms with Crippen molar-refractivity contribution in [3.05, 3.63) is 29.8 Å². The van der Waals surface area contributed by atoms with Crippen LogP contribution < -0.4 is 14.8 Å². The molecule has 0 radical (unpaired) electrons. The van der Waals surface area contributed by atoms with Gasteiger partial charge >= 0.3 is 13.2 Å². The van der Waals surface area contributed by atoms with Gasteiger partial charge in [-0.25, -0.2) is 0 Å². The Balaban J connectivity index is 2.84. The van der Waals surface area contributed by atoms with Crippen molar-refractivity contribution in [2.75, 3.05) is 13.2 Å². The molecule has 0 aliphatic heterocycles. The summed E-state index contributed by atoms with van der Waals surface area (Å²) in [6.07, 6.45) is 2.63. The second-order valence-corrected chi connectivity index (χ2v) is 4.16. The minimum atomic E-state index is -3.16. The summed E-state index contributed by atoms with van der Waals surface area (Å²) in [5.74, 6) is -1.26.